The van der Waals surface area contributed by atoms with E-state index in [0.29, 0.717) is 28.7 Å². The fraction of sp³-hybridized carbons (Fsp3) is 0.222. The Hall–Kier alpha value is -2.62. The fourth-order valence-electron chi connectivity index (χ4n) is 3.22. The maximum absolute atomic E-state index is 12.5. The highest BCUT2D eigenvalue weighted by Gasteiger charge is 2.27. The van der Waals surface area contributed by atoms with Crippen LogP contribution in [0.4, 0.5) is 0 Å². The molecule has 1 aromatic heterocycles. The second kappa shape index (κ2) is 4.44. The van der Waals surface area contributed by atoms with Crippen LogP contribution in [0.2, 0.25) is 0 Å². The van der Waals surface area contributed by atoms with Crippen LogP contribution in [0.1, 0.15) is 24.0 Å². The van der Waals surface area contributed by atoms with Crippen LogP contribution in [0.3, 0.4) is 0 Å². The molecular weight excluding hydrogens is 280 g/mol. The van der Waals surface area contributed by atoms with Crippen LogP contribution in [0.25, 0.3) is 21.5 Å². The van der Waals surface area contributed by atoms with Gasteiger partial charge in [-0.3, -0.25) is 0 Å². The van der Waals surface area contributed by atoms with Crippen molar-refractivity contribution in [3.05, 3.63) is 62.3 Å². The van der Waals surface area contributed by atoms with E-state index in [1.54, 1.807) is 0 Å². The van der Waals surface area contributed by atoms with Crippen molar-refractivity contribution in [2.75, 3.05) is 6.61 Å². The molecule has 4 nitrogen and oxygen atoms in total. The van der Waals surface area contributed by atoms with Crippen molar-refractivity contribution in [3.63, 3.8) is 0 Å². The number of rotatable bonds is 0. The minimum atomic E-state index is -0.610. The first-order valence-electron chi connectivity index (χ1n) is 7.24. The Balaban J connectivity index is 2.35. The van der Waals surface area contributed by atoms with E-state index in [-0.39, 0.29) is 5.92 Å². The Bertz CT molecular complexity index is 1050. The van der Waals surface area contributed by atoms with Gasteiger partial charge in [0.2, 0.25) is 0 Å². The molecule has 0 amide bonds. The van der Waals surface area contributed by atoms with E-state index in [2.05, 4.69) is 0 Å². The zero-order valence-electron chi connectivity index (χ0n) is 12.3. The van der Waals surface area contributed by atoms with Crippen LogP contribution in [0.15, 0.2) is 44.3 Å². The molecule has 3 aromatic rings. The number of benzene rings is 2. The molecule has 1 aliphatic rings. The lowest BCUT2D eigenvalue weighted by atomic mass is 9.99. The van der Waals surface area contributed by atoms with Gasteiger partial charge < -0.3 is 9.15 Å². The lowest BCUT2D eigenvalue weighted by Gasteiger charge is -2.05. The lowest BCUT2D eigenvalue weighted by Crippen LogP contribution is -2.11. The van der Waals surface area contributed by atoms with Crippen molar-refractivity contribution >= 4 is 21.5 Å². The van der Waals surface area contributed by atoms with Gasteiger partial charge in [-0.1, -0.05) is 31.2 Å². The standard InChI is InChI=1S/C18H14O4/c1-9-4-3-5-12-11(9)6-7-13-15(12)18(20)22-17(19)14-10(2)8-21-16(13)14/h3-7,10H,8H2,1-2H3. The van der Waals surface area contributed by atoms with Gasteiger partial charge in [-0.15, -0.1) is 0 Å². The highest BCUT2D eigenvalue weighted by atomic mass is 16.5. The molecule has 2 heterocycles. The van der Waals surface area contributed by atoms with Crippen LogP contribution >= 0.6 is 0 Å². The Labute approximate surface area is 126 Å². The molecule has 1 unspecified atom stereocenters. The summed E-state index contributed by atoms with van der Waals surface area (Å²) < 4.78 is 10.8. The largest absolute Gasteiger partial charge is 0.492 e. The van der Waals surface area contributed by atoms with Crippen LogP contribution in [0, 0.1) is 6.92 Å². The molecule has 22 heavy (non-hydrogen) atoms. The van der Waals surface area contributed by atoms with E-state index in [4.69, 9.17) is 9.15 Å². The van der Waals surface area contributed by atoms with E-state index < -0.39 is 11.3 Å². The molecule has 0 radical (unpaired) electrons. The van der Waals surface area contributed by atoms with E-state index in [1.165, 1.54) is 0 Å². The molecule has 2 aromatic carbocycles. The SMILES string of the molecule is Cc1cccc2c1ccc1c3c(c(=O)oc(=O)c12)C(C)CO3. The molecular formula is C18H14O4. The first kappa shape index (κ1) is 13.1. The first-order chi connectivity index (χ1) is 10.6. The van der Waals surface area contributed by atoms with E-state index in [1.807, 2.05) is 44.2 Å². The third kappa shape index (κ3) is 1.64. The number of hydrogen-bond acceptors (Lipinski definition) is 4. The van der Waals surface area contributed by atoms with Gasteiger partial charge in [-0.05, 0) is 29.3 Å². The van der Waals surface area contributed by atoms with E-state index in [9.17, 15) is 9.59 Å². The smallest absolute Gasteiger partial charge is 0.347 e. The first-order valence-corrected chi connectivity index (χ1v) is 7.24. The second-order valence-electron chi connectivity index (χ2n) is 5.79. The quantitative estimate of drug-likeness (QED) is 0.639. The maximum Gasteiger partial charge on any atom is 0.347 e. The van der Waals surface area contributed by atoms with E-state index >= 15 is 0 Å². The summed E-state index contributed by atoms with van der Waals surface area (Å²) in [5.74, 6) is 0.413. The van der Waals surface area contributed by atoms with Crippen molar-refractivity contribution in [2.24, 2.45) is 0 Å². The van der Waals surface area contributed by atoms with Gasteiger partial charge >= 0.3 is 11.3 Å². The summed E-state index contributed by atoms with van der Waals surface area (Å²) in [6.07, 6.45) is 0. The van der Waals surface area contributed by atoms with E-state index in [0.717, 1.165) is 16.3 Å². The Morgan fingerprint density at radius 1 is 1.00 bits per heavy atom. The van der Waals surface area contributed by atoms with Crippen molar-refractivity contribution in [1.29, 1.82) is 0 Å². The van der Waals surface area contributed by atoms with Crippen LogP contribution in [-0.4, -0.2) is 6.61 Å². The molecule has 0 saturated carbocycles. The third-order valence-corrected chi connectivity index (χ3v) is 4.35. The summed E-state index contributed by atoms with van der Waals surface area (Å²) in [7, 11) is 0. The fourth-order valence-corrected chi connectivity index (χ4v) is 3.22. The summed E-state index contributed by atoms with van der Waals surface area (Å²) >= 11 is 0. The molecule has 0 aliphatic carbocycles. The summed E-state index contributed by atoms with van der Waals surface area (Å²) in [5.41, 5.74) is 0.320. The van der Waals surface area contributed by atoms with Crippen LogP contribution in [0.5, 0.6) is 5.75 Å². The average molecular weight is 294 g/mol. The number of aryl methyl sites for hydroxylation is 1. The van der Waals surface area contributed by atoms with Crippen molar-refractivity contribution < 1.29 is 9.15 Å². The minimum absolute atomic E-state index is 0.0746. The lowest BCUT2D eigenvalue weighted by molar-refractivity contribution is 0.340. The zero-order chi connectivity index (χ0) is 15.4. The zero-order valence-corrected chi connectivity index (χ0v) is 12.3. The van der Waals surface area contributed by atoms with Crippen LogP contribution in [-0.2, 0) is 0 Å². The predicted molar refractivity (Wildman–Crippen MR) is 84.9 cm³/mol. The molecule has 0 spiro atoms. The minimum Gasteiger partial charge on any atom is -0.492 e. The maximum atomic E-state index is 12.5. The number of hydrogen-bond donors (Lipinski definition) is 0. The van der Waals surface area contributed by atoms with Crippen molar-refractivity contribution in [2.45, 2.75) is 19.8 Å². The third-order valence-electron chi connectivity index (χ3n) is 4.35. The predicted octanol–water partition coefficient (Wildman–Crippen LogP) is 3.11. The van der Waals surface area contributed by atoms with Crippen LogP contribution < -0.4 is 16.0 Å². The second-order valence-corrected chi connectivity index (χ2v) is 5.79. The van der Waals surface area contributed by atoms with Crippen molar-refractivity contribution in [1.82, 2.24) is 0 Å². The molecule has 0 N–H and O–H groups in total. The van der Waals surface area contributed by atoms with Gasteiger partial charge in [0, 0.05) is 11.3 Å². The van der Waals surface area contributed by atoms with Gasteiger partial charge in [0.1, 0.15) is 5.75 Å². The molecule has 1 atom stereocenters. The molecule has 0 bridgehead atoms. The Morgan fingerprint density at radius 2 is 1.77 bits per heavy atom. The van der Waals surface area contributed by atoms with Crippen molar-refractivity contribution in [3.8, 4) is 5.75 Å². The van der Waals surface area contributed by atoms with Gasteiger partial charge in [0.15, 0.2) is 0 Å². The monoisotopic (exact) mass is 294 g/mol. The summed E-state index contributed by atoms with van der Waals surface area (Å²) in [6.45, 7) is 4.31. The number of fused-ring (bicyclic) bond motifs is 5. The highest BCUT2D eigenvalue weighted by molar-refractivity contribution is 6.09. The molecule has 4 rings (SSSR count). The van der Waals surface area contributed by atoms with Gasteiger partial charge in [-0.25, -0.2) is 9.59 Å². The molecule has 4 heteroatoms. The van der Waals surface area contributed by atoms with Gasteiger partial charge in [0.05, 0.1) is 17.6 Å². The summed E-state index contributed by atoms with van der Waals surface area (Å²) in [5, 5.41) is 2.81. The van der Waals surface area contributed by atoms with Gasteiger partial charge in [-0.2, -0.15) is 0 Å². The molecule has 110 valence electrons. The normalized spacial score (nSPS) is 16.7. The molecule has 0 fully saturated rings. The highest BCUT2D eigenvalue weighted by Crippen LogP contribution is 2.37. The topological polar surface area (TPSA) is 56.5 Å². The molecule has 1 aliphatic heterocycles. The average Bonchev–Trinajstić information content (AvgIpc) is 2.83. The Morgan fingerprint density at radius 3 is 2.59 bits per heavy atom. The summed E-state index contributed by atoms with van der Waals surface area (Å²) in [4.78, 5) is 24.7. The van der Waals surface area contributed by atoms with Gasteiger partial charge in [0.25, 0.3) is 0 Å². The summed E-state index contributed by atoms with van der Waals surface area (Å²) in [6, 6.07) is 9.56. The Kier molecular flexibility index (Phi) is 2.64. The number of ether oxygens (including phenoxy) is 1. The molecule has 0 saturated heterocycles.